The maximum Gasteiger partial charge on any atom is 0.240 e. The third-order valence-electron chi connectivity index (χ3n) is 4.50. The first kappa shape index (κ1) is 17.4. The molecule has 0 unspecified atom stereocenters. The Morgan fingerprint density at radius 3 is 2.25 bits per heavy atom. The van der Waals surface area contributed by atoms with Crippen LogP contribution in [0.2, 0.25) is 0 Å². The lowest BCUT2D eigenvalue weighted by Crippen LogP contribution is -2.53. The van der Waals surface area contributed by atoms with Gasteiger partial charge in [-0.15, -0.1) is 0 Å². The van der Waals surface area contributed by atoms with E-state index >= 15 is 0 Å². The van der Waals surface area contributed by atoms with E-state index in [-0.39, 0.29) is 17.7 Å². The van der Waals surface area contributed by atoms with Crippen molar-refractivity contribution in [1.82, 2.24) is 5.32 Å². The van der Waals surface area contributed by atoms with E-state index in [9.17, 15) is 18.3 Å². The summed E-state index contributed by atoms with van der Waals surface area (Å²) in [5.74, 6) is -0.515. The van der Waals surface area contributed by atoms with Crippen molar-refractivity contribution in [2.24, 2.45) is 5.92 Å². The van der Waals surface area contributed by atoms with Crippen molar-refractivity contribution < 1.29 is 18.3 Å². The molecule has 1 rings (SSSR count). The maximum absolute atomic E-state index is 12.2. The standard InChI is InChI=1S/C14H27NO4S/c1-6-10(2)14(5,17)9-15-12(16)13(3,4)20(18,19)11-7-8-11/h10-11,17H,6-9H2,1-5H3,(H,15,16)/t10-,14+/m1/s1. The molecule has 0 aliphatic heterocycles. The van der Waals surface area contributed by atoms with Gasteiger partial charge in [0, 0.05) is 6.54 Å². The van der Waals surface area contributed by atoms with Crippen LogP contribution in [-0.4, -0.2) is 41.6 Å². The van der Waals surface area contributed by atoms with Gasteiger partial charge < -0.3 is 10.4 Å². The van der Waals surface area contributed by atoms with Crippen LogP contribution in [0.4, 0.5) is 0 Å². The molecule has 2 N–H and O–H groups in total. The molecule has 2 atom stereocenters. The number of rotatable bonds is 7. The van der Waals surface area contributed by atoms with Gasteiger partial charge in [0.2, 0.25) is 5.91 Å². The summed E-state index contributed by atoms with van der Waals surface area (Å²) < 4.78 is 23.0. The van der Waals surface area contributed by atoms with Crippen molar-refractivity contribution in [1.29, 1.82) is 0 Å². The summed E-state index contributed by atoms with van der Waals surface area (Å²) >= 11 is 0. The topological polar surface area (TPSA) is 83.5 Å². The second kappa shape index (κ2) is 5.64. The molecule has 0 bridgehead atoms. The Balaban J connectivity index is 2.71. The first-order valence-corrected chi connectivity index (χ1v) is 8.75. The number of carbonyl (C=O) groups excluding carboxylic acids is 1. The van der Waals surface area contributed by atoms with Gasteiger partial charge in [0.15, 0.2) is 9.84 Å². The van der Waals surface area contributed by atoms with E-state index in [1.54, 1.807) is 6.92 Å². The number of nitrogens with one attached hydrogen (secondary N) is 1. The number of aliphatic hydroxyl groups is 1. The van der Waals surface area contributed by atoms with Crippen molar-refractivity contribution in [3.8, 4) is 0 Å². The number of hydrogen-bond acceptors (Lipinski definition) is 4. The van der Waals surface area contributed by atoms with E-state index in [2.05, 4.69) is 5.32 Å². The lowest BCUT2D eigenvalue weighted by Gasteiger charge is -2.32. The molecule has 1 aliphatic carbocycles. The number of carbonyl (C=O) groups is 1. The van der Waals surface area contributed by atoms with Crippen LogP contribution in [-0.2, 0) is 14.6 Å². The van der Waals surface area contributed by atoms with Crippen molar-refractivity contribution in [3.05, 3.63) is 0 Å². The minimum absolute atomic E-state index is 0.0194. The van der Waals surface area contributed by atoms with Gasteiger partial charge in [-0.1, -0.05) is 20.3 Å². The monoisotopic (exact) mass is 305 g/mol. The first-order chi connectivity index (χ1) is 8.96. The highest BCUT2D eigenvalue weighted by Gasteiger charge is 2.50. The highest BCUT2D eigenvalue weighted by atomic mass is 32.2. The SMILES string of the molecule is CC[C@@H](C)[C@@](C)(O)CNC(=O)C(C)(C)S(=O)(=O)C1CC1. The molecule has 5 nitrogen and oxygen atoms in total. The Hall–Kier alpha value is -0.620. The van der Waals surface area contributed by atoms with Crippen LogP contribution < -0.4 is 5.32 Å². The second-order valence-corrected chi connectivity index (χ2v) is 9.38. The molecule has 0 spiro atoms. The predicted molar refractivity (Wildman–Crippen MR) is 79.1 cm³/mol. The van der Waals surface area contributed by atoms with E-state index in [1.807, 2.05) is 13.8 Å². The van der Waals surface area contributed by atoms with Gasteiger partial charge in [0.1, 0.15) is 4.75 Å². The van der Waals surface area contributed by atoms with Gasteiger partial charge in [-0.2, -0.15) is 0 Å². The third-order valence-corrected chi connectivity index (χ3v) is 7.46. The van der Waals surface area contributed by atoms with Crippen molar-refractivity contribution in [3.63, 3.8) is 0 Å². The summed E-state index contributed by atoms with van der Waals surface area (Å²) in [5.41, 5.74) is -1.04. The van der Waals surface area contributed by atoms with Crippen LogP contribution in [0, 0.1) is 5.92 Å². The molecule has 1 aliphatic rings. The predicted octanol–water partition coefficient (Wildman–Crippen LogP) is 1.26. The van der Waals surface area contributed by atoms with Crippen molar-refractivity contribution in [2.45, 2.75) is 69.5 Å². The van der Waals surface area contributed by atoms with E-state index in [0.29, 0.717) is 12.8 Å². The minimum Gasteiger partial charge on any atom is -0.388 e. The lowest BCUT2D eigenvalue weighted by molar-refractivity contribution is -0.124. The highest BCUT2D eigenvalue weighted by Crippen LogP contribution is 2.36. The van der Waals surface area contributed by atoms with Crippen LogP contribution >= 0.6 is 0 Å². The average molecular weight is 305 g/mol. The molecule has 0 heterocycles. The van der Waals surface area contributed by atoms with E-state index in [4.69, 9.17) is 0 Å². The van der Waals surface area contributed by atoms with E-state index in [1.165, 1.54) is 13.8 Å². The lowest BCUT2D eigenvalue weighted by atomic mass is 9.88. The molecule has 0 aromatic carbocycles. The summed E-state index contributed by atoms with van der Waals surface area (Å²) in [5, 5.41) is 12.5. The molecule has 1 amide bonds. The first-order valence-electron chi connectivity index (χ1n) is 7.21. The average Bonchev–Trinajstić information content (AvgIpc) is 3.18. The molecule has 0 aromatic heterocycles. The van der Waals surface area contributed by atoms with Crippen LogP contribution in [0.3, 0.4) is 0 Å². The molecular formula is C14H27NO4S. The minimum atomic E-state index is -3.45. The summed E-state index contributed by atoms with van der Waals surface area (Å²) in [7, 11) is -3.45. The fraction of sp³-hybridized carbons (Fsp3) is 0.929. The fourth-order valence-corrected chi connectivity index (χ4v) is 3.93. The molecule has 1 saturated carbocycles. The van der Waals surface area contributed by atoms with Gasteiger partial charge in [0.25, 0.3) is 0 Å². The fourth-order valence-electron chi connectivity index (χ4n) is 2.01. The Morgan fingerprint density at radius 1 is 1.35 bits per heavy atom. The van der Waals surface area contributed by atoms with Gasteiger partial charge in [0.05, 0.1) is 10.9 Å². The Bertz CT molecular complexity index is 464. The van der Waals surface area contributed by atoms with Crippen LogP contribution in [0.15, 0.2) is 0 Å². The molecule has 0 saturated heterocycles. The van der Waals surface area contributed by atoms with Gasteiger partial charge in [-0.25, -0.2) is 8.42 Å². The summed E-state index contributed by atoms with van der Waals surface area (Å²) in [6.07, 6.45) is 2.07. The molecule has 20 heavy (non-hydrogen) atoms. The summed E-state index contributed by atoms with van der Waals surface area (Å²) in [6, 6.07) is 0. The smallest absolute Gasteiger partial charge is 0.240 e. The molecule has 1 fully saturated rings. The van der Waals surface area contributed by atoms with Crippen LogP contribution in [0.25, 0.3) is 0 Å². The van der Waals surface area contributed by atoms with Crippen molar-refractivity contribution in [2.75, 3.05) is 6.54 Å². The van der Waals surface area contributed by atoms with Crippen molar-refractivity contribution >= 4 is 15.7 Å². The molecular weight excluding hydrogens is 278 g/mol. The Morgan fingerprint density at radius 2 is 1.85 bits per heavy atom. The Labute approximate surface area is 122 Å². The largest absolute Gasteiger partial charge is 0.388 e. The molecule has 0 aromatic rings. The maximum atomic E-state index is 12.2. The van der Waals surface area contributed by atoms with Gasteiger partial charge >= 0.3 is 0 Å². The van der Waals surface area contributed by atoms with E-state index in [0.717, 1.165) is 6.42 Å². The molecule has 0 radical (unpaired) electrons. The zero-order chi connectivity index (χ0) is 15.8. The third kappa shape index (κ3) is 3.34. The number of amides is 1. The van der Waals surface area contributed by atoms with Crippen LogP contribution in [0.5, 0.6) is 0 Å². The number of sulfone groups is 1. The second-order valence-electron chi connectivity index (χ2n) is 6.60. The zero-order valence-corrected chi connectivity index (χ0v) is 13.9. The van der Waals surface area contributed by atoms with Gasteiger partial charge in [-0.05, 0) is 39.5 Å². The molecule has 6 heteroatoms. The highest BCUT2D eigenvalue weighted by molar-refractivity contribution is 7.94. The normalized spacial score (nSPS) is 21.1. The van der Waals surface area contributed by atoms with Gasteiger partial charge in [-0.3, -0.25) is 4.79 Å². The number of hydrogen-bond donors (Lipinski definition) is 2. The van der Waals surface area contributed by atoms with Crippen LogP contribution in [0.1, 0.15) is 53.9 Å². The zero-order valence-electron chi connectivity index (χ0n) is 13.1. The molecule has 118 valence electrons. The summed E-state index contributed by atoms with van der Waals surface area (Å²) in [4.78, 5) is 12.2. The quantitative estimate of drug-likeness (QED) is 0.741. The Kier molecular flexibility index (Phi) is 4.91. The van der Waals surface area contributed by atoms with E-state index < -0.39 is 26.1 Å². The summed E-state index contributed by atoms with van der Waals surface area (Å²) in [6.45, 7) is 8.46.